The molecule has 4 aromatic rings. The van der Waals surface area contributed by atoms with Gasteiger partial charge in [-0.15, -0.1) is 15.3 Å². The third-order valence-electron chi connectivity index (χ3n) is 3.79. The van der Waals surface area contributed by atoms with Crippen molar-refractivity contribution in [3.8, 4) is 11.4 Å². The van der Waals surface area contributed by atoms with Gasteiger partial charge < -0.3 is 10.6 Å². The molecule has 1 amide bonds. The zero-order chi connectivity index (χ0) is 17.8. The Bertz CT molecular complexity index is 1010. The molecular weight excluding hydrogens is 348 g/mol. The Morgan fingerprint density at radius 2 is 1.92 bits per heavy atom. The summed E-state index contributed by atoms with van der Waals surface area (Å²) in [6.07, 6.45) is 0. The average Bonchev–Trinajstić information content (AvgIpc) is 3.34. The standard InChI is InChI=1S/C18H16N6OS/c25-18(13-4-2-1-3-5-13)20-10-9-19-15-6-7-16-21-22-17(24(16)23-15)14-8-11-26-12-14/h1-8,11-12H,9-10H2,(H,19,23)(H,20,25). The molecule has 0 spiro atoms. The van der Waals surface area contributed by atoms with Gasteiger partial charge in [0.15, 0.2) is 11.5 Å². The predicted molar refractivity (Wildman–Crippen MR) is 101 cm³/mol. The van der Waals surface area contributed by atoms with Crippen LogP contribution in [-0.2, 0) is 0 Å². The molecule has 0 bridgehead atoms. The van der Waals surface area contributed by atoms with E-state index in [0.29, 0.717) is 35.9 Å². The molecule has 0 fully saturated rings. The van der Waals surface area contributed by atoms with Gasteiger partial charge in [-0.1, -0.05) is 18.2 Å². The van der Waals surface area contributed by atoms with Crippen LogP contribution in [0.15, 0.2) is 59.3 Å². The quantitative estimate of drug-likeness (QED) is 0.514. The van der Waals surface area contributed by atoms with Crippen LogP contribution in [0.25, 0.3) is 17.0 Å². The molecule has 130 valence electrons. The smallest absolute Gasteiger partial charge is 0.251 e. The van der Waals surface area contributed by atoms with Crippen molar-refractivity contribution in [3.63, 3.8) is 0 Å². The van der Waals surface area contributed by atoms with E-state index in [2.05, 4.69) is 25.9 Å². The molecule has 0 saturated heterocycles. The molecule has 0 aliphatic heterocycles. The zero-order valence-electron chi connectivity index (χ0n) is 13.8. The highest BCUT2D eigenvalue weighted by molar-refractivity contribution is 7.08. The van der Waals surface area contributed by atoms with Crippen LogP contribution in [-0.4, -0.2) is 38.8 Å². The number of benzene rings is 1. The molecule has 0 radical (unpaired) electrons. The Balaban J connectivity index is 1.39. The molecule has 7 nitrogen and oxygen atoms in total. The van der Waals surface area contributed by atoms with Crippen molar-refractivity contribution in [2.24, 2.45) is 0 Å². The summed E-state index contributed by atoms with van der Waals surface area (Å²) in [6, 6.07) is 14.8. The van der Waals surface area contributed by atoms with Gasteiger partial charge in [-0.2, -0.15) is 15.9 Å². The van der Waals surface area contributed by atoms with Crippen molar-refractivity contribution in [1.82, 2.24) is 25.1 Å². The van der Waals surface area contributed by atoms with E-state index in [1.807, 2.05) is 47.2 Å². The number of nitrogens with zero attached hydrogens (tertiary/aromatic N) is 4. The monoisotopic (exact) mass is 364 g/mol. The summed E-state index contributed by atoms with van der Waals surface area (Å²) in [5.41, 5.74) is 2.33. The molecule has 0 aliphatic rings. The van der Waals surface area contributed by atoms with Gasteiger partial charge in [0, 0.05) is 29.6 Å². The van der Waals surface area contributed by atoms with Crippen LogP contribution < -0.4 is 10.6 Å². The predicted octanol–water partition coefficient (Wildman–Crippen LogP) is 2.69. The van der Waals surface area contributed by atoms with Crippen LogP contribution in [0, 0.1) is 0 Å². The first-order valence-corrected chi connectivity index (χ1v) is 9.08. The highest BCUT2D eigenvalue weighted by Crippen LogP contribution is 2.20. The van der Waals surface area contributed by atoms with Gasteiger partial charge in [0.25, 0.3) is 5.91 Å². The van der Waals surface area contributed by atoms with E-state index < -0.39 is 0 Å². The van der Waals surface area contributed by atoms with Crippen LogP contribution in [0.2, 0.25) is 0 Å². The minimum Gasteiger partial charge on any atom is -0.367 e. The SMILES string of the molecule is O=C(NCCNc1ccc2nnc(-c3ccsc3)n2n1)c1ccccc1. The maximum atomic E-state index is 12.0. The lowest BCUT2D eigenvalue weighted by Crippen LogP contribution is -2.28. The van der Waals surface area contributed by atoms with Crippen LogP contribution in [0.5, 0.6) is 0 Å². The van der Waals surface area contributed by atoms with E-state index in [9.17, 15) is 4.79 Å². The fourth-order valence-electron chi connectivity index (χ4n) is 2.51. The highest BCUT2D eigenvalue weighted by atomic mass is 32.1. The topological polar surface area (TPSA) is 84.2 Å². The second kappa shape index (κ2) is 7.32. The Labute approximate surface area is 153 Å². The van der Waals surface area contributed by atoms with Crippen molar-refractivity contribution in [2.45, 2.75) is 0 Å². The fraction of sp³-hybridized carbons (Fsp3) is 0.111. The Kier molecular flexibility index (Phi) is 4.57. The highest BCUT2D eigenvalue weighted by Gasteiger charge is 2.10. The molecule has 2 N–H and O–H groups in total. The molecule has 8 heteroatoms. The summed E-state index contributed by atoms with van der Waals surface area (Å²) in [6.45, 7) is 1.06. The first-order valence-electron chi connectivity index (χ1n) is 8.13. The van der Waals surface area contributed by atoms with Gasteiger partial charge in [-0.25, -0.2) is 0 Å². The minimum atomic E-state index is -0.0886. The number of aromatic nitrogens is 4. The van der Waals surface area contributed by atoms with Crippen molar-refractivity contribution < 1.29 is 4.79 Å². The molecule has 0 atom stereocenters. The number of thiophene rings is 1. The van der Waals surface area contributed by atoms with E-state index in [-0.39, 0.29) is 5.91 Å². The van der Waals surface area contributed by atoms with Crippen LogP contribution in [0.1, 0.15) is 10.4 Å². The molecular formula is C18H16N6OS. The molecule has 1 aromatic carbocycles. The lowest BCUT2D eigenvalue weighted by Gasteiger charge is -2.08. The minimum absolute atomic E-state index is 0.0886. The summed E-state index contributed by atoms with van der Waals surface area (Å²) in [4.78, 5) is 12.0. The second-order valence-corrected chi connectivity index (χ2v) is 6.35. The number of carbonyl (C=O) groups is 1. The van der Waals surface area contributed by atoms with Crippen molar-refractivity contribution in [2.75, 3.05) is 18.4 Å². The first-order chi connectivity index (χ1) is 12.8. The van der Waals surface area contributed by atoms with Crippen LogP contribution >= 0.6 is 11.3 Å². The van der Waals surface area contributed by atoms with Gasteiger partial charge in [0.05, 0.1) is 0 Å². The molecule has 0 unspecified atom stereocenters. The largest absolute Gasteiger partial charge is 0.367 e. The van der Waals surface area contributed by atoms with Gasteiger partial charge in [0.1, 0.15) is 5.82 Å². The Morgan fingerprint density at radius 3 is 2.73 bits per heavy atom. The Morgan fingerprint density at radius 1 is 1.04 bits per heavy atom. The number of carbonyl (C=O) groups excluding carboxylic acids is 1. The Hall–Kier alpha value is -3.26. The summed E-state index contributed by atoms with van der Waals surface area (Å²) < 4.78 is 1.72. The van der Waals surface area contributed by atoms with E-state index in [4.69, 9.17) is 0 Å². The maximum Gasteiger partial charge on any atom is 0.251 e. The van der Waals surface area contributed by atoms with Gasteiger partial charge in [-0.3, -0.25) is 4.79 Å². The summed E-state index contributed by atoms with van der Waals surface area (Å²) >= 11 is 1.60. The number of hydrogen-bond acceptors (Lipinski definition) is 6. The van der Waals surface area contributed by atoms with E-state index in [0.717, 1.165) is 5.56 Å². The van der Waals surface area contributed by atoms with Crippen LogP contribution in [0.4, 0.5) is 5.82 Å². The van der Waals surface area contributed by atoms with Gasteiger partial charge in [0.2, 0.25) is 0 Å². The van der Waals surface area contributed by atoms with E-state index in [1.54, 1.807) is 28.0 Å². The lowest BCUT2D eigenvalue weighted by atomic mass is 10.2. The van der Waals surface area contributed by atoms with Crippen molar-refractivity contribution in [1.29, 1.82) is 0 Å². The second-order valence-electron chi connectivity index (χ2n) is 5.57. The van der Waals surface area contributed by atoms with Gasteiger partial charge in [-0.05, 0) is 35.7 Å². The summed E-state index contributed by atoms with van der Waals surface area (Å²) in [5.74, 6) is 1.32. The number of rotatable bonds is 6. The van der Waals surface area contributed by atoms with Crippen molar-refractivity contribution in [3.05, 3.63) is 64.9 Å². The number of nitrogens with one attached hydrogen (secondary N) is 2. The molecule has 0 saturated carbocycles. The number of anilines is 1. The maximum absolute atomic E-state index is 12.0. The molecule has 0 aliphatic carbocycles. The van der Waals surface area contributed by atoms with E-state index in [1.165, 1.54) is 0 Å². The summed E-state index contributed by atoms with van der Waals surface area (Å²) in [7, 11) is 0. The molecule has 26 heavy (non-hydrogen) atoms. The summed E-state index contributed by atoms with van der Waals surface area (Å²) in [5, 5.41) is 23.0. The van der Waals surface area contributed by atoms with E-state index >= 15 is 0 Å². The van der Waals surface area contributed by atoms with Gasteiger partial charge >= 0.3 is 0 Å². The average molecular weight is 364 g/mol. The molecule has 3 aromatic heterocycles. The number of fused-ring (bicyclic) bond motifs is 1. The zero-order valence-corrected chi connectivity index (χ0v) is 14.6. The normalized spacial score (nSPS) is 10.8. The molecule has 3 heterocycles. The third kappa shape index (κ3) is 3.40. The van der Waals surface area contributed by atoms with Crippen molar-refractivity contribution >= 4 is 28.7 Å². The number of amides is 1. The third-order valence-corrected chi connectivity index (χ3v) is 4.48. The lowest BCUT2D eigenvalue weighted by molar-refractivity contribution is 0.0955. The molecule has 4 rings (SSSR count). The fourth-order valence-corrected chi connectivity index (χ4v) is 3.15. The number of hydrogen-bond donors (Lipinski definition) is 2. The first kappa shape index (κ1) is 16.2. The van der Waals surface area contributed by atoms with Crippen LogP contribution in [0.3, 0.4) is 0 Å².